The first-order chi connectivity index (χ1) is 9.18. The van der Waals surface area contributed by atoms with Gasteiger partial charge in [-0.25, -0.2) is 0 Å². The first kappa shape index (κ1) is 17.2. The van der Waals surface area contributed by atoms with Gasteiger partial charge in [0.2, 0.25) is 0 Å². The van der Waals surface area contributed by atoms with E-state index in [-0.39, 0.29) is 11.5 Å². The molecule has 0 aromatic heterocycles. The molecule has 0 unspecified atom stereocenters. The molecule has 2 N–H and O–H groups in total. The van der Waals surface area contributed by atoms with E-state index in [1.807, 2.05) is 0 Å². The van der Waals surface area contributed by atoms with Gasteiger partial charge in [-0.1, -0.05) is 32.5 Å². The molecule has 1 aromatic carbocycles. The Balaban J connectivity index is 2.54. The van der Waals surface area contributed by atoms with Crippen LogP contribution in [-0.2, 0) is 0 Å². The average Bonchev–Trinajstić information content (AvgIpc) is 2.29. The Hall–Kier alpha value is -0.880. The van der Waals surface area contributed by atoms with Gasteiger partial charge in [0.15, 0.2) is 5.11 Å². The quantitative estimate of drug-likeness (QED) is 0.619. The molecule has 0 heterocycles. The summed E-state index contributed by atoms with van der Waals surface area (Å²) in [5.74, 6) is -2.40. The zero-order valence-corrected chi connectivity index (χ0v) is 13.7. The van der Waals surface area contributed by atoms with Gasteiger partial charge in [-0.2, -0.15) is 8.78 Å². The Kier molecular flexibility index (Phi) is 6.20. The second-order valence-electron chi connectivity index (χ2n) is 5.59. The molecule has 1 rings (SSSR count). The highest BCUT2D eigenvalue weighted by Crippen LogP contribution is 2.26. The third-order valence-corrected chi connectivity index (χ3v) is 3.93. The summed E-state index contributed by atoms with van der Waals surface area (Å²) in [5, 5.41) is 6.79. The summed E-state index contributed by atoms with van der Waals surface area (Å²) < 4.78 is 24.4. The van der Waals surface area contributed by atoms with Crippen LogP contribution in [0.15, 0.2) is 29.2 Å². The van der Waals surface area contributed by atoms with Crippen molar-refractivity contribution in [2.24, 2.45) is 5.41 Å². The summed E-state index contributed by atoms with van der Waals surface area (Å²) in [6, 6.07) is 6.99. The fourth-order valence-corrected chi connectivity index (χ4v) is 2.09. The molecule has 0 bridgehead atoms. The van der Waals surface area contributed by atoms with Crippen molar-refractivity contribution in [1.29, 1.82) is 0 Å². The van der Waals surface area contributed by atoms with E-state index in [4.69, 9.17) is 12.2 Å². The van der Waals surface area contributed by atoms with Gasteiger partial charge < -0.3 is 10.6 Å². The molecule has 6 heteroatoms. The molecule has 2 nitrogen and oxygen atoms in total. The average molecular weight is 318 g/mol. The number of benzene rings is 1. The molecular weight excluding hydrogens is 298 g/mol. The summed E-state index contributed by atoms with van der Waals surface area (Å²) in [7, 11) is 0. The second kappa shape index (κ2) is 7.22. The maximum atomic E-state index is 12.2. The topological polar surface area (TPSA) is 24.1 Å². The minimum absolute atomic E-state index is 0.101. The van der Waals surface area contributed by atoms with Gasteiger partial charge in [-0.15, -0.1) is 0 Å². The predicted molar refractivity (Wildman–Crippen MR) is 86.6 cm³/mol. The van der Waals surface area contributed by atoms with Crippen molar-refractivity contribution in [3.8, 4) is 0 Å². The number of alkyl halides is 2. The van der Waals surface area contributed by atoms with Crippen LogP contribution in [0.5, 0.6) is 0 Å². The standard InChI is InChI=1S/C14H20F2N2S2/c1-9(14(2,3)4)17-13(19)18-10-5-7-11(8-6-10)20-12(15)16/h5-9,12H,1-4H3,(H2,17,18,19)/t9-/m1/s1. The van der Waals surface area contributed by atoms with Crippen LogP contribution in [0.1, 0.15) is 27.7 Å². The van der Waals surface area contributed by atoms with Gasteiger partial charge >= 0.3 is 0 Å². The molecule has 0 saturated heterocycles. The van der Waals surface area contributed by atoms with Crippen molar-refractivity contribution in [2.45, 2.75) is 44.4 Å². The van der Waals surface area contributed by atoms with Crippen LogP contribution in [0.4, 0.5) is 14.5 Å². The molecule has 0 radical (unpaired) electrons. The molecule has 20 heavy (non-hydrogen) atoms. The lowest BCUT2D eigenvalue weighted by atomic mass is 9.88. The van der Waals surface area contributed by atoms with Crippen LogP contribution in [0.2, 0.25) is 0 Å². The first-order valence-corrected chi connectivity index (χ1v) is 7.59. The Morgan fingerprint density at radius 3 is 2.20 bits per heavy atom. The summed E-state index contributed by atoms with van der Waals surface area (Å²) >= 11 is 5.77. The lowest BCUT2D eigenvalue weighted by Gasteiger charge is -2.29. The summed E-state index contributed by atoms with van der Waals surface area (Å²) in [5.41, 5.74) is 0.881. The third kappa shape index (κ3) is 6.05. The number of hydrogen-bond donors (Lipinski definition) is 2. The fourth-order valence-electron chi connectivity index (χ4n) is 1.30. The Bertz CT molecular complexity index is 441. The Morgan fingerprint density at radius 2 is 1.75 bits per heavy atom. The zero-order chi connectivity index (χ0) is 15.3. The molecule has 1 aromatic rings. The van der Waals surface area contributed by atoms with E-state index < -0.39 is 5.76 Å². The summed E-state index contributed by atoms with van der Waals surface area (Å²) in [4.78, 5) is 0.535. The van der Waals surface area contributed by atoms with E-state index in [0.717, 1.165) is 5.69 Å². The van der Waals surface area contributed by atoms with E-state index in [2.05, 4.69) is 38.3 Å². The minimum Gasteiger partial charge on any atom is -0.359 e. The van der Waals surface area contributed by atoms with Gasteiger partial charge in [0.05, 0.1) is 0 Å². The van der Waals surface area contributed by atoms with Gasteiger partial charge in [0.1, 0.15) is 0 Å². The number of thioether (sulfide) groups is 1. The van der Waals surface area contributed by atoms with E-state index in [9.17, 15) is 8.78 Å². The molecule has 0 aliphatic rings. The monoisotopic (exact) mass is 318 g/mol. The molecular formula is C14H20F2N2S2. The SMILES string of the molecule is C[C@@H](NC(=S)Nc1ccc(SC(F)F)cc1)C(C)(C)C. The highest BCUT2D eigenvalue weighted by molar-refractivity contribution is 7.99. The number of hydrogen-bond acceptors (Lipinski definition) is 2. The summed E-state index contributed by atoms with van der Waals surface area (Å²) in [6.07, 6.45) is 0. The predicted octanol–water partition coefficient (Wildman–Crippen LogP) is 4.72. The number of anilines is 1. The van der Waals surface area contributed by atoms with Crippen LogP contribution in [0, 0.1) is 5.41 Å². The van der Waals surface area contributed by atoms with Crippen LogP contribution in [0.3, 0.4) is 0 Å². The summed E-state index contributed by atoms with van der Waals surface area (Å²) in [6.45, 7) is 8.45. The number of nitrogens with one attached hydrogen (secondary N) is 2. The van der Waals surface area contributed by atoms with Gasteiger partial charge in [0, 0.05) is 16.6 Å². The molecule has 0 aliphatic heterocycles. The molecule has 0 aliphatic carbocycles. The van der Waals surface area contributed by atoms with Crippen LogP contribution in [-0.4, -0.2) is 16.9 Å². The first-order valence-electron chi connectivity index (χ1n) is 6.31. The van der Waals surface area contributed by atoms with Crippen LogP contribution < -0.4 is 10.6 Å². The maximum Gasteiger partial charge on any atom is 0.288 e. The van der Waals surface area contributed by atoms with E-state index in [1.54, 1.807) is 24.3 Å². The Morgan fingerprint density at radius 1 is 1.20 bits per heavy atom. The molecule has 0 amide bonds. The van der Waals surface area contributed by atoms with Crippen molar-refractivity contribution >= 4 is 34.8 Å². The van der Waals surface area contributed by atoms with Crippen LogP contribution in [0.25, 0.3) is 0 Å². The normalized spacial score (nSPS) is 13.2. The van der Waals surface area contributed by atoms with Crippen molar-refractivity contribution in [3.05, 3.63) is 24.3 Å². The number of thiocarbonyl (C=S) groups is 1. The van der Waals surface area contributed by atoms with E-state index in [1.165, 1.54) is 0 Å². The molecule has 0 fully saturated rings. The molecule has 1 atom stereocenters. The van der Waals surface area contributed by atoms with Crippen molar-refractivity contribution < 1.29 is 8.78 Å². The van der Waals surface area contributed by atoms with Crippen molar-refractivity contribution in [1.82, 2.24) is 5.32 Å². The lowest BCUT2D eigenvalue weighted by Crippen LogP contribution is -2.43. The smallest absolute Gasteiger partial charge is 0.288 e. The molecule has 0 saturated carbocycles. The van der Waals surface area contributed by atoms with Crippen molar-refractivity contribution in [2.75, 3.05) is 5.32 Å². The van der Waals surface area contributed by atoms with E-state index in [0.29, 0.717) is 21.8 Å². The Labute approximate surface area is 128 Å². The van der Waals surface area contributed by atoms with Gasteiger partial charge in [0.25, 0.3) is 5.76 Å². The highest BCUT2D eigenvalue weighted by atomic mass is 32.2. The largest absolute Gasteiger partial charge is 0.359 e. The zero-order valence-electron chi connectivity index (χ0n) is 12.0. The third-order valence-electron chi connectivity index (χ3n) is 2.98. The second-order valence-corrected chi connectivity index (χ2v) is 7.06. The van der Waals surface area contributed by atoms with E-state index >= 15 is 0 Å². The maximum absolute atomic E-state index is 12.2. The lowest BCUT2D eigenvalue weighted by molar-refractivity contribution is 0.252. The molecule has 0 spiro atoms. The fraction of sp³-hybridized carbons (Fsp3) is 0.500. The van der Waals surface area contributed by atoms with Gasteiger partial charge in [-0.05, 0) is 48.8 Å². The van der Waals surface area contributed by atoms with Crippen molar-refractivity contribution in [3.63, 3.8) is 0 Å². The number of halogens is 2. The van der Waals surface area contributed by atoms with Gasteiger partial charge in [-0.3, -0.25) is 0 Å². The van der Waals surface area contributed by atoms with Crippen LogP contribution >= 0.6 is 24.0 Å². The number of rotatable bonds is 4. The highest BCUT2D eigenvalue weighted by Gasteiger charge is 2.20. The minimum atomic E-state index is -2.40. The molecule has 112 valence electrons.